The van der Waals surface area contributed by atoms with Gasteiger partial charge in [-0.3, -0.25) is 9.59 Å². The highest BCUT2D eigenvalue weighted by Crippen LogP contribution is 2.51. The number of allylic oxidation sites excluding steroid dienone is 1. The van der Waals surface area contributed by atoms with Crippen LogP contribution in [0.1, 0.15) is 86.5 Å². The number of cyclic esters (lactones) is 1. The topological polar surface area (TPSA) is 102 Å². The maximum atomic E-state index is 13.1. The summed E-state index contributed by atoms with van der Waals surface area (Å²) in [7, 11) is -2.03. The van der Waals surface area contributed by atoms with E-state index in [0.717, 1.165) is 0 Å². The van der Waals surface area contributed by atoms with Crippen LogP contribution in [0.25, 0.3) is 0 Å². The molecule has 0 aromatic carbocycles. The quantitative estimate of drug-likeness (QED) is 0.153. The van der Waals surface area contributed by atoms with Gasteiger partial charge in [-0.15, -0.1) is 11.6 Å². The summed E-state index contributed by atoms with van der Waals surface area (Å²) < 4.78 is 18.4. The van der Waals surface area contributed by atoms with Crippen LogP contribution in [-0.2, 0) is 23.5 Å². The molecular formula is C30H51ClO7Si. The summed E-state index contributed by atoms with van der Waals surface area (Å²) in [4.78, 5) is 25.6. The first-order valence-electron chi connectivity index (χ1n) is 14.7. The fraction of sp³-hybridized carbons (Fsp3) is 0.867. The predicted molar refractivity (Wildman–Crippen MR) is 155 cm³/mol. The van der Waals surface area contributed by atoms with E-state index in [4.69, 9.17) is 25.5 Å². The highest BCUT2D eigenvalue weighted by molar-refractivity contribution is 6.74. The van der Waals surface area contributed by atoms with Gasteiger partial charge in [0.25, 0.3) is 0 Å². The highest BCUT2D eigenvalue weighted by atomic mass is 35.5. The average Bonchev–Trinajstić information content (AvgIpc) is 2.83. The Bertz CT molecular complexity index is 913. The minimum Gasteiger partial charge on any atom is -0.462 e. The van der Waals surface area contributed by atoms with Crippen molar-refractivity contribution in [2.24, 2.45) is 23.2 Å². The highest BCUT2D eigenvalue weighted by Gasteiger charge is 2.57. The first-order valence-corrected chi connectivity index (χ1v) is 18.0. The number of hydrogen-bond acceptors (Lipinski definition) is 7. The van der Waals surface area contributed by atoms with Gasteiger partial charge in [0.05, 0.1) is 23.3 Å². The van der Waals surface area contributed by atoms with Crippen LogP contribution in [0.3, 0.4) is 0 Å². The van der Waals surface area contributed by atoms with E-state index < -0.39 is 42.7 Å². The van der Waals surface area contributed by atoms with Crippen molar-refractivity contribution in [2.75, 3.05) is 6.61 Å². The summed E-state index contributed by atoms with van der Waals surface area (Å²) in [5.74, 6) is -1.37. The second-order valence-corrected chi connectivity index (χ2v) is 19.4. The van der Waals surface area contributed by atoms with Crippen LogP contribution in [0, 0.1) is 23.2 Å². The molecule has 0 amide bonds. The Hall–Kier alpha value is -0.933. The Labute approximate surface area is 241 Å². The molecule has 0 unspecified atom stereocenters. The van der Waals surface area contributed by atoms with Crippen LogP contribution in [0.5, 0.6) is 0 Å². The van der Waals surface area contributed by atoms with Crippen LogP contribution in [0.15, 0.2) is 12.2 Å². The molecule has 1 heterocycles. The summed E-state index contributed by atoms with van der Waals surface area (Å²) in [5, 5.41) is 21.3. The second kappa shape index (κ2) is 12.1. The fourth-order valence-corrected chi connectivity index (χ4v) is 7.79. The number of halogens is 1. The first kappa shape index (κ1) is 32.6. The van der Waals surface area contributed by atoms with E-state index in [9.17, 15) is 19.8 Å². The Morgan fingerprint density at radius 3 is 2.44 bits per heavy atom. The lowest BCUT2D eigenvalue weighted by molar-refractivity contribution is -0.183. The van der Waals surface area contributed by atoms with E-state index in [1.165, 1.54) is 0 Å². The molecular weight excluding hydrogens is 536 g/mol. The van der Waals surface area contributed by atoms with E-state index in [0.29, 0.717) is 38.5 Å². The first-order chi connectivity index (χ1) is 17.9. The van der Waals surface area contributed by atoms with Crippen molar-refractivity contribution in [1.82, 2.24) is 0 Å². The Kier molecular flexibility index (Phi) is 10.1. The van der Waals surface area contributed by atoms with E-state index in [-0.39, 0.29) is 48.1 Å². The molecule has 1 saturated carbocycles. The normalized spacial score (nSPS) is 35.8. The number of aliphatic hydroxyl groups is 2. The van der Waals surface area contributed by atoms with Crippen LogP contribution < -0.4 is 0 Å². The predicted octanol–water partition coefficient (Wildman–Crippen LogP) is 5.75. The zero-order valence-corrected chi connectivity index (χ0v) is 26.9. The number of esters is 2. The van der Waals surface area contributed by atoms with Gasteiger partial charge >= 0.3 is 11.9 Å². The summed E-state index contributed by atoms with van der Waals surface area (Å²) in [6.45, 7) is 16.4. The second-order valence-electron chi connectivity index (χ2n) is 14.2. The van der Waals surface area contributed by atoms with Gasteiger partial charge in [0.2, 0.25) is 0 Å². The lowest BCUT2D eigenvalue weighted by Gasteiger charge is -2.53. The zero-order chi connectivity index (χ0) is 29.4. The lowest BCUT2D eigenvalue weighted by atomic mass is 9.60. The van der Waals surface area contributed by atoms with Crippen molar-refractivity contribution >= 4 is 31.9 Å². The maximum absolute atomic E-state index is 13.1. The lowest BCUT2D eigenvalue weighted by Crippen LogP contribution is -2.62. The van der Waals surface area contributed by atoms with Gasteiger partial charge in [0.1, 0.15) is 17.8 Å². The van der Waals surface area contributed by atoms with Gasteiger partial charge in [-0.05, 0) is 70.0 Å². The minimum absolute atomic E-state index is 0.0242. The monoisotopic (exact) mass is 586 g/mol. The van der Waals surface area contributed by atoms with Crippen LogP contribution in [0.2, 0.25) is 18.1 Å². The van der Waals surface area contributed by atoms with Gasteiger partial charge in [-0.1, -0.05) is 39.8 Å². The smallest absolute Gasteiger partial charge is 0.311 e. The molecule has 0 spiro atoms. The van der Waals surface area contributed by atoms with Crippen molar-refractivity contribution in [1.29, 1.82) is 0 Å². The molecule has 2 N–H and O–H groups in total. The summed E-state index contributed by atoms with van der Waals surface area (Å²) in [6.07, 6.45) is 6.67. The molecule has 0 aromatic heterocycles. The Balaban J connectivity index is 1.77. The molecule has 2 fully saturated rings. The molecule has 7 nitrogen and oxygen atoms in total. The van der Waals surface area contributed by atoms with E-state index in [2.05, 4.69) is 33.9 Å². The molecule has 0 radical (unpaired) electrons. The maximum Gasteiger partial charge on any atom is 0.311 e. The number of rotatable bonds is 9. The number of aliphatic hydroxyl groups excluding tert-OH is 1. The molecule has 39 heavy (non-hydrogen) atoms. The summed E-state index contributed by atoms with van der Waals surface area (Å²) in [5.41, 5.74) is -2.06. The third kappa shape index (κ3) is 7.11. The van der Waals surface area contributed by atoms with Crippen LogP contribution in [0.4, 0.5) is 0 Å². The van der Waals surface area contributed by atoms with Crippen LogP contribution in [-0.4, -0.2) is 66.4 Å². The molecule has 2 aliphatic carbocycles. The van der Waals surface area contributed by atoms with Gasteiger partial charge in [-0.25, -0.2) is 0 Å². The number of carbonyl (C=O) groups is 2. The van der Waals surface area contributed by atoms with Crippen molar-refractivity contribution in [3.63, 3.8) is 0 Å². The van der Waals surface area contributed by atoms with Crippen molar-refractivity contribution in [3.05, 3.63) is 12.2 Å². The average molecular weight is 587 g/mol. The van der Waals surface area contributed by atoms with E-state index in [1.54, 1.807) is 6.08 Å². The molecule has 0 bridgehead atoms. The molecule has 1 saturated heterocycles. The molecule has 3 rings (SSSR count). The number of hydrogen-bond donors (Lipinski definition) is 2. The van der Waals surface area contributed by atoms with Gasteiger partial charge in [-0.2, -0.15) is 0 Å². The molecule has 224 valence electrons. The third-order valence-corrected chi connectivity index (χ3v) is 15.2. The van der Waals surface area contributed by atoms with Crippen molar-refractivity contribution in [3.8, 4) is 0 Å². The summed E-state index contributed by atoms with van der Waals surface area (Å²) >= 11 is 6.78. The van der Waals surface area contributed by atoms with E-state index >= 15 is 0 Å². The number of carbonyl (C=O) groups excluding carboxylic acids is 2. The molecule has 1 aliphatic heterocycles. The number of alkyl halides is 1. The molecule has 0 aromatic rings. The van der Waals surface area contributed by atoms with Gasteiger partial charge in [0.15, 0.2) is 8.32 Å². The standard InChI is InChI=1S/C30H51ClO7Si/c1-9-29(5,6)27(34)37-23-15-20(18-32)26(31)30(35)14-10-11-19(25(23)30)12-13-21-16-22(17-24(33)36-21)38-39(7,8)28(2,3)4/h10,14,19-23,25-26,32,35H,9,11-13,15-18H2,1-8H3/t19-,20+,21-,22-,23+,25+,26+,30+/m1/s1. The molecule has 9 heteroatoms. The fourth-order valence-electron chi connectivity index (χ4n) is 6.02. The number of ether oxygens (including phenoxy) is 2. The molecule has 3 aliphatic rings. The number of fused-ring (bicyclic) bond motifs is 1. The SMILES string of the molecule is CCC(C)(C)C(=O)O[C@H]1C[C@@H](CO)[C@H](Cl)[C@]2(O)C=CC[C@H](CC[C@@H]3C[C@@H](O[Si](C)(C)C(C)(C)C)CC(=O)O3)[C@@H]12. The minimum atomic E-state index is -2.03. The van der Waals surface area contributed by atoms with Gasteiger partial charge < -0.3 is 24.1 Å². The van der Waals surface area contributed by atoms with E-state index in [1.807, 2.05) is 26.8 Å². The van der Waals surface area contributed by atoms with Crippen LogP contribution >= 0.6 is 11.6 Å². The zero-order valence-electron chi connectivity index (χ0n) is 25.2. The largest absolute Gasteiger partial charge is 0.462 e. The third-order valence-electron chi connectivity index (χ3n) is 9.93. The Morgan fingerprint density at radius 2 is 1.85 bits per heavy atom. The van der Waals surface area contributed by atoms with Gasteiger partial charge in [0, 0.05) is 24.9 Å². The van der Waals surface area contributed by atoms with Crippen molar-refractivity contribution in [2.45, 2.75) is 134 Å². The Morgan fingerprint density at radius 1 is 1.18 bits per heavy atom. The summed E-state index contributed by atoms with van der Waals surface area (Å²) in [6, 6.07) is 0. The molecule has 8 atom stereocenters. The van der Waals surface area contributed by atoms with Crippen molar-refractivity contribution < 1.29 is 33.7 Å².